The van der Waals surface area contributed by atoms with E-state index in [0.717, 1.165) is 17.6 Å². The fraction of sp³-hybridized carbons (Fsp3) is 0.143. The summed E-state index contributed by atoms with van der Waals surface area (Å²) in [5.41, 5.74) is 1.02. The van der Waals surface area contributed by atoms with Gasteiger partial charge in [0.25, 0.3) is 0 Å². The van der Waals surface area contributed by atoms with E-state index in [1.165, 1.54) is 0 Å². The van der Waals surface area contributed by atoms with Crippen LogP contribution in [-0.4, -0.2) is 9.79 Å². The summed E-state index contributed by atoms with van der Waals surface area (Å²) in [6.45, 7) is 0. The summed E-state index contributed by atoms with van der Waals surface area (Å²) in [7, 11) is -2.27. The van der Waals surface area contributed by atoms with Gasteiger partial charge in [-0.25, -0.2) is 3.97 Å². The Labute approximate surface area is 86.9 Å². The van der Waals surface area contributed by atoms with Crippen LogP contribution in [0, 0.1) is 0 Å². The Morgan fingerprint density at radius 3 is 2.46 bits per heavy atom. The Balaban J connectivity index is 2.33. The van der Waals surface area contributed by atoms with Crippen molar-refractivity contribution in [2.45, 2.75) is 5.75 Å². The Hall–Kier alpha value is 0.170. The number of hydrogen-bond donors (Lipinski definition) is 2. The van der Waals surface area contributed by atoms with E-state index in [9.17, 15) is 0 Å². The molecule has 72 valence electrons. The van der Waals surface area contributed by atoms with E-state index >= 15 is 0 Å². The predicted octanol–water partition coefficient (Wildman–Crippen LogP) is 2.72. The van der Waals surface area contributed by atoms with Gasteiger partial charge >= 0.3 is 8.60 Å². The second-order valence-corrected chi connectivity index (χ2v) is 4.28. The van der Waals surface area contributed by atoms with E-state index < -0.39 is 8.60 Å². The van der Waals surface area contributed by atoms with Crippen LogP contribution >= 0.6 is 32.2 Å². The normalized spacial score (nSPS) is 10.8. The van der Waals surface area contributed by atoms with Gasteiger partial charge in [0.2, 0.25) is 0 Å². The number of hydrogen-bond acceptors (Lipinski definition) is 4. The SMILES string of the molecule is OP(O)OSCc1ccc(Cl)cc1. The van der Waals surface area contributed by atoms with Crippen molar-refractivity contribution in [2.24, 2.45) is 0 Å². The average molecular weight is 239 g/mol. The monoisotopic (exact) mass is 238 g/mol. The maximum atomic E-state index is 8.43. The Morgan fingerprint density at radius 2 is 1.92 bits per heavy atom. The maximum absolute atomic E-state index is 8.43. The lowest BCUT2D eigenvalue weighted by Crippen LogP contribution is -1.80. The van der Waals surface area contributed by atoms with Crippen molar-refractivity contribution in [1.29, 1.82) is 0 Å². The van der Waals surface area contributed by atoms with Crippen LogP contribution in [0.4, 0.5) is 0 Å². The van der Waals surface area contributed by atoms with E-state index in [2.05, 4.69) is 3.97 Å². The minimum Gasteiger partial charge on any atom is -0.328 e. The number of halogens is 1. The highest BCUT2D eigenvalue weighted by molar-refractivity contribution is 7.96. The molecule has 1 aromatic carbocycles. The van der Waals surface area contributed by atoms with Crippen LogP contribution in [0.25, 0.3) is 0 Å². The van der Waals surface area contributed by atoms with Crippen LogP contribution in [-0.2, 0) is 9.72 Å². The molecule has 0 amide bonds. The van der Waals surface area contributed by atoms with Crippen LogP contribution in [0.15, 0.2) is 24.3 Å². The molecule has 0 saturated heterocycles. The van der Waals surface area contributed by atoms with Gasteiger partial charge in [-0.2, -0.15) is 0 Å². The van der Waals surface area contributed by atoms with Gasteiger partial charge in [0.1, 0.15) is 0 Å². The summed E-state index contributed by atoms with van der Waals surface area (Å²) >= 11 is 6.69. The highest BCUT2D eigenvalue weighted by Gasteiger charge is 2.00. The van der Waals surface area contributed by atoms with E-state index in [0.29, 0.717) is 10.8 Å². The predicted molar refractivity (Wildman–Crippen MR) is 55.2 cm³/mol. The molecule has 0 bridgehead atoms. The first-order chi connectivity index (χ1) is 6.18. The standard InChI is InChI=1S/C7H8ClO3PS/c8-7-3-1-6(2-4-7)5-13-11-12(9)10/h1-4,9-10H,5H2. The van der Waals surface area contributed by atoms with Gasteiger partial charge in [0.15, 0.2) is 0 Å². The molecule has 0 radical (unpaired) electrons. The van der Waals surface area contributed by atoms with E-state index in [4.69, 9.17) is 21.4 Å². The number of rotatable bonds is 4. The van der Waals surface area contributed by atoms with E-state index in [-0.39, 0.29) is 0 Å². The highest BCUT2D eigenvalue weighted by atomic mass is 35.5. The van der Waals surface area contributed by atoms with Gasteiger partial charge in [0.05, 0.1) is 0 Å². The third kappa shape index (κ3) is 4.81. The topological polar surface area (TPSA) is 49.7 Å². The highest BCUT2D eigenvalue weighted by Crippen LogP contribution is 2.32. The molecule has 0 atom stereocenters. The van der Waals surface area contributed by atoms with Crippen molar-refractivity contribution in [3.05, 3.63) is 34.9 Å². The lowest BCUT2D eigenvalue weighted by molar-refractivity contribution is 0.397. The molecule has 0 fully saturated rings. The quantitative estimate of drug-likeness (QED) is 0.626. The minimum absolute atomic E-state index is 0.567. The second kappa shape index (κ2) is 5.81. The Morgan fingerprint density at radius 1 is 1.31 bits per heavy atom. The summed E-state index contributed by atoms with van der Waals surface area (Å²) < 4.78 is 4.54. The van der Waals surface area contributed by atoms with Gasteiger partial charge in [-0.1, -0.05) is 23.7 Å². The first-order valence-corrected chi connectivity index (χ1v) is 5.86. The van der Waals surface area contributed by atoms with Crippen LogP contribution in [0.1, 0.15) is 5.56 Å². The van der Waals surface area contributed by atoms with Gasteiger partial charge in [-0.05, 0) is 17.7 Å². The fourth-order valence-electron chi connectivity index (χ4n) is 0.722. The summed E-state index contributed by atoms with van der Waals surface area (Å²) in [4.78, 5) is 16.9. The van der Waals surface area contributed by atoms with Gasteiger partial charge < -0.3 is 9.79 Å². The molecular formula is C7H8ClO3PS. The van der Waals surface area contributed by atoms with Crippen molar-refractivity contribution >= 4 is 32.2 Å². The smallest absolute Gasteiger partial charge is 0.328 e. The van der Waals surface area contributed by atoms with Crippen LogP contribution in [0.5, 0.6) is 0 Å². The zero-order chi connectivity index (χ0) is 9.68. The third-order valence-corrected chi connectivity index (χ3v) is 2.92. The van der Waals surface area contributed by atoms with Crippen LogP contribution in [0.2, 0.25) is 5.02 Å². The molecule has 0 aliphatic heterocycles. The molecule has 0 aliphatic rings. The summed E-state index contributed by atoms with van der Waals surface area (Å²) in [6.07, 6.45) is 0. The van der Waals surface area contributed by atoms with Crippen molar-refractivity contribution in [1.82, 2.24) is 0 Å². The molecular weight excluding hydrogens is 231 g/mol. The summed E-state index contributed by atoms with van der Waals surface area (Å²) in [6, 6.07) is 7.27. The van der Waals surface area contributed by atoms with Gasteiger partial charge in [-0.15, -0.1) is 0 Å². The van der Waals surface area contributed by atoms with Crippen molar-refractivity contribution < 1.29 is 13.8 Å². The van der Waals surface area contributed by atoms with Crippen molar-refractivity contribution in [3.63, 3.8) is 0 Å². The van der Waals surface area contributed by atoms with Crippen molar-refractivity contribution in [3.8, 4) is 0 Å². The van der Waals surface area contributed by atoms with Crippen molar-refractivity contribution in [2.75, 3.05) is 0 Å². The van der Waals surface area contributed by atoms with Crippen LogP contribution in [0.3, 0.4) is 0 Å². The molecule has 1 rings (SSSR count). The van der Waals surface area contributed by atoms with Gasteiger partial charge in [-0.3, -0.25) is 0 Å². The maximum Gasteiger partial charge on any atom is 0.339 e. The Bertz CT molecular complexity index is 254. The van der Waals surface area contributed by atoms with E-state index in [1.807, 2.05) is 12.1 Å². The first-order valence-electron chi connectivity index (χ1n) is 3.40. The molecule has 1 aromatic rings. The molecule has 6 heteroatoms. The molecule has 0 spiro atoms. The lowest BCUT2D eigenvalue weighted by atomic mass is 10.2. The molecule has 0 saturated carbocycles. The first kappa shape index (κ1) is 11.2. The fourth-order valence-corrected chi connectivity index (χ4v) is 1.76. The third-order valence-electron chi connectivity index (χ3n) is 1.26. The molecule has 0 aliphatic carbocycles. The van der Waals surface area contributed by atoms with E-state index in [1.54, 1.807) is 12.1 Å². The second-order valence-electron chi connectivity index (χ2n) is 2.22. The minimum atomic E-state index is -2.27. The van der Waals surface area contributed by atoms with Crippen LogP contribution < -0.4 is 0 Å². The summed E-state index contributed by atoms with van der Waals surface area (Å²) in [5, 5.41) is 0.682. The average Bonchev–Trinajstić information content (AvgIpc) is 2.08. The molecule has 0 heterocycles. The molecule has 2 N–H and O–H groups in total. The number of benzene rings is 1. The lowest BCUT2D eigenvalue weighted by Gasteiger charge is -2.02. The molecule has 13 heavy (non-hydrogen) atoms. The molecule has 3 nitrogen and oxygen atoms in total. The largest absolute Gasteiger partial charge is 0.339 e. The zero-order valence-electron chi connectivity index (χ0n) is 6.55. The Kier molecular flexibility index (Phi) is 5.02. The molecule has 0 unspecified atom stereocenters. The van der Waals surface area contributed by atoms with Gasteiger partial charge in [0, 0.05) is 22.8 Å². The summed E-state index contributed by atoms with van der Waals surface area (Å²) in [5.74, 6) is 0.567. The zero-order valence-corrected chi connectivity index (χ0v) is 9.02. The molecule has 0 aromatic heterocycles.